The Hall–Kier alpha value is -1.96. The maximum atomic E-state index is 5.83. The van der Waals surface area contributed by atoms with E-state index in [-0.39, 0.29) is 0 Å². The number of hydrogen-bond acceptors (Lipinski definition) is 2. The molecule has 0 saturated heterocycles. The van der Waals surface area contributed by atoms with Gasteiger partial charge < -0.3 is 10.6 Å². The van der Waals surface area contributed by atoms with Crippen molar-refractivity contribution in [2.75, 3.05) is 17.7 Å². The van der Waals surface area contributed by atoms with Gasteiger partial charge in [-0.1, -0.05) is 18.2 Å². The molecule has 0 aliphatic carbocycles. The second kappa shape index (κ2) is 5.35. The standard InChI is InChI=1S/C17H22N2/c1-12-8-9-17(14(3)13(12)2)19(4)11-15-6-5-7-16(18)10-15/h5-10H,11,18H2,1-4H3. The lowest BCUT2D eigenvalue weighted by atomic mass is 10.0. The van der Waals surface area contributed by atoms with Gasteiger partial charge in [0.1, 0.15) is 0 Å². The van der Waals surface area contributed by atoms with Gasteiger partial charge in [-0.3, -0.25) is 0 Å². The molecule has 2 nitrogen and oxygen atoms in total. The van der Waals surface area contributed by atoms with Gasteiger partial charge in [0.05, 0.1) is 0 Å². The first kappa shape index (κ1) is 13.5. The van der Waals surface area contributed by atoms with E-state index in [1.54, 1.807) is 0 Å². The predicted octanol–water partition coefficient (Wildman–Crippen LogP) is 3.83. The third-order valence-electron chi connectivity index (χ3n) is 3.81. The van der Waals surface area contributed by atoms with E-state index in [1.807, 2.05) is 18.2 Å². The van der Waals surface area contributed by atoms with Gasteiger partial charge in [-0.2, -0.15) is 0 Å². The Morgan fingerprint density at radius 2 is 1.74 bits per heavy atom. The van der Waals surface area contributed by atoms with Gasteiger partial charge in [-0.15, -0.1) is 0 Å². The van der Waals surface area contributed by atoms with Crippen molar-refractivity contribution < 1.29 is 0 Å². The lowest BCUT2D eigenvalue weighted by molar-refractivity contribution is 0.915. The zero-order valence-electron chi connectivity index (χ0n) is 12.2. The number of aryl methyl sites for hydroxylation is 1. The van der Waals surface area contributed by atoms with Crippen LogP contribution in [0.3, 0.4) is 0 Å². The average Bonchev–Trinajstić information content (AvgIpc) is 2.36. The maximum absolute atomic E-state index is 5.83. The van der Waals surface area contributed by atoms with E-state index in [0.29, 0.717) is 0 Å². The lowest BCUT2D eigenvalue weighted by Crippen LogP contribution is -2.18. The topological polar surface area (TPSA) is 29.3 Å². The van der Waals surface area contributed by atoms with Gasteiger partial charge in [-0.05, 0) is 61.2 Å². The summed E-state index contributed by atoms with van der Waals surface area (Å²) in [6.07, 6.45) is 0. The SMILES string of the molecule is Cc1ccc(N(C)Cc2cccc(N)c2)c(C)c1C. The highest BCUT2D eigenvalue weighted by Gasteiger charge is 2.08. The Kier molecular flexibility index (Phi) is 3.79. The molecule has 0 aromatic heterocycles. The van der Waals surface area contributed by atoms with Crippen LogP contribution in [0.25, 0.3) is 0 Å². The number of rotatable bonds is 3. The van der Waals surface area contributed by atoms with E-state index < -0.39 is 0 Å². The number of anilines is 2. The largest absolute Gasteiger partial charge is 0.399 e. The van der Waals surface area contributed by atoms with Gasteiger partial charge in [0, 0.05) is 25.0 Å². The molecule has 0 aliphatic rings. The van der Waals surface area contributed by atoms with E-state index in [0.717, 1.165) is 12.2 Å². The Labute approximate surface area is 115 Å². The number of nitrogens with two attached hydrogens (primary N) is 1. The molecule has 100 valence electrons. The molecule has 2 heteroatoms. The predicted molar refractivity (Wildman–Crippen MR) is 83.6 cm³/mol. The second-order valence-electron chi connectivity index (χ2n) is 5.25. The van der Waals surface area contributed by atoms with E-state index >= 15 is 0 Å². The van der Waals surface area contributed by atoms with Crippen molar-refractivity contribution in [2.24, 2.45) is 0 Å². The Bertz CT molecular complexity index is 588. The molecule has 19 heavy (non-hydrogen) atoms. The summed E-state index contributed by atoms with van der Waals surface area (Å²) in [6, 6.07) is 12.5. The van der Waals surface area contributed by atoms with Crippen molar-refractivity contribution >= 4 is 11.4 Å². The number of benzene rings is 2. The van der Waals surface area contributed by atoms with Crippen molar-refractivity contribution in [3.63, 3.8) is 0 Å². The fraction of sp³-hybridized carbons (Fsp3) is 0.294. The van der Waals surface area contributed by atoms with Crippen LogP contribution in [-0.2, 0) is 6.54 Å². The van der Waals surface area contributed by atoms with Crippen molar-refractivity contribution in [1.29, 1.82) is 0 Å². The van der Waals surface area contributed by atoms with Gasteiger partial charge in [0.25, 0.3) is 0 Å². The first-order chi connectivity index (χ1) is 8.99. The molecule has 2 aromatic carbocycles. The van der Waals surface area contributed by atoms with E-state index in [2.05, 4.69) is 50.9 Å². The number of nitrogen functional groups attached to an aromatic ring is 1. The molecule has 0 atom stereocenters. The number of nitrogens with zero attached hydrogens (tertiary/aromatic N) is 1. The van der Waals surface area contributed by atoms with E-state index in [1.165, 1.54) is 27.9 Å². The summed E-state index contributed by atoms with van der Waals surface area (Å²) < 4.78 is 0. The van der Waals surface area contributed by atoms with Crippen molar-refractivity contribution in [2.45, 2.75) is 27.3 Å². The number of hydrogen-bond donors (Lipinski definition) is 1. The third-order valence-corrected chi connectivity index (χ3v) is 3.81. The molecule has 2 aromatic rings. The summed E-state index contributed by atoms with van der Waals surface area (Å²) in [5, 5.41) is 0. The minimum atomic E-state index is 0.822. The summed E-state index contributed by atoms with van der Waals surface area (Å²) in [6.45, 7) is 7.40. The minimum Gasteiger partial charge on any atom is -0.399 e. The monoisotopic (exact) mass is 254 g/mol. The van der Waals surface area contributed by atoms with Crippen molar-refractivity contribution in [3.8, 4) is 0 Å². The normalized spacial score (nSPS) is 10.5. The summed E-state index contributed by atoms with van der Waals surface area (Å²) in [5.74, 6) is 0. The molecule has 2 N–H and O–H groups in total. The van der Waals surface area contributed by atoms with Gasteiger partial charge in [-0.25, -0.2) is 0 Å². The van der Waals surface area contributed by atoms with Gasteiger partial charge in [0.2, 0.25) is 0 Å². The highest BCUT2D eigenvalue weighted by Crippen LogP contribution is 2.25. The summed E-state index contributed by atoms with van der Waals surface area (Å²) >= 11 is 0. The molecule has 0 saturated carbocycles. The fourth-order valence-electron chi connectivity index (χ4n) is 2.41. The minimum absolute atomic E-state index is 0.822. The molecule has 0 bridgehead atoms. The van der Waals surface area contributed by atoms with Crippen LogP contribution >= 0.6 is 0 Å². The van der Waals surface area contributed by atoms with E-state index in [9.17, 15) is 0 Å². The first-order valence-corrected chi connectivity index (χ1v) is 6.61. The average molecular weight is 254 g/mol. The second-order valence-corrected chi connectivity index (χ2v) is 5.25. The summed E-state index contributed by atoms with van der Waals surface area (Å²) in [5.41, 5.74) is 13.2. The highest BCUT2D eigenvalue weighted by atomic mass is 15.1. The molecular formula is C17H22N2. The molecule has 2 rings (SSSR count). The van der Waals surface area contributed by atoms with Gasteiger partial charge >= 0.3 is 0 Å². The van der Waals surface area contributed by atoms with Crippen LogP contribution in [0.5, 0.6) is 0 Å². The molecule has 0 unspecified atom stereocenters. The molecule has 0 spiro atoms. The summed E-state index contributed by atoms with van der Waals surface area (Å²) in [4.78, 5) is 2.27. The maximum Gasteiger partial charge on any atom is 0.0427 e. The molecular weight excluding hydrogens is 232 g/mol. The van der Waals surface area contributed by atoms with Gasteiger partial charge in [0.15, 0.2) is 0 Å². The van der Waals surface area contributed by atoms with Crippen LogP contribution in [-0.4, -0.2) is 7.05 Å². The zero-order chi connectivity index (χ0) is 14.0. The van der Waals surface area contributed by atoms with Crippen LogP contribution < -0.4 is 10.6 Å². The zero-order valence-corrected chi connectivity index (χ0v) is 12.2. The molecule has 0 aliphatic heterocycles. The highest BCUT2D eigenvalue weighted by molar-refractivity contribution is 5.58. The van der Waals surface area contributed by atoms with Crippen LogP contribution in [0.1, 0.15) is 22.3 Å². The Morgan fingerprint density at radius 3 is 2.42 bits per heavy atom. The fourth-order valence-corrected chi connectivity index (χ4v) is 2.41. The molecule has 0 amide bonds. The Morgan fingerprint density at radius 1 is 1.00 bits per heavy atom. The van der Waals surface area contributed by atoms with Crippen LogP contribution in [0.4, 0.5) is 11.4 Å². The summed E-state index contributed by atoms with van der Waals surface area (Å²) in [7, 11) is 2.13. The van der Waals surface area contributed by atoms with Crippen molar-refractivity contribution in [3.05, 3.63) is 58.7 Å². The quantitative estimate of drug-likeness (QED) is 0.843. The third kappa shape index (κ3) is 2.90. The van der Waals surface area contributed by atoms with Crippen LogP contribution in [0.2, 0.25) is 0 Å². The Balaban J connectivity index is 2.25. The van der Waals surface area contributed by atoms with Crippen LogP contribution in [0, 0.1) is 20.8 Å². The lowest BCUT2D eigenvalue weighted by Gasteiger charge is -2.23. The van der Waals surface area contributed by atoms with Crippen molar-refractivity contribution in [1.82, 2.24) is 0 Å². The van der Waals surface area contributed by atoms with Crippen LogP contribution in [0.15, 0.2) is 36.4 Å². The molecule has 0 radical (unpaired) electrons. The smallest absolute Gasteiger partial charge is 0.0427 e. The molecule has 0 fully saturated rings. The molecule has 0 heterocycles. The van der Waals surface area contributed by atoms with E-state index in [4.69, 9.17) is 5.73 Å². The first-order valence-electron chi connectivity index (χ1n) is 6.61.